The maximum atomic E-state index is 5.56. The molecule has 0 aliphatic heterocycles. The third-order valence-corrected chi connectivity index (χ3v) is 12.7. The molecule has 0 saturated heterocycles. The van der Waals surface area contributed by atoms with Crippen molar-refractivity contribution < 1.29 is 0 Å². The summed E-state index contributed by atoms with van der Waals surface area (Å²) in [7, 11) is 0. The van der Waals surface area contributed by atoms with Gasteiger partial charge in [-0.25, -0.2) is 9.97 Å². The third-order valence-electron chi connectivity index (χ3n) is 12.7. The number of hydrogen-bond acceptors (Lipinski definition) is 2. The van der Waals surface area contributed by atoms with Crippen LogP contribution >= 0.6 is 0 Å². The van der Waals surface area contributed by atoms with E-state index in [4.69, 9.17) is 9.97 Å². The quantitative estimate of drug-likeness (QED) is 0.174. The third kappa shape index (κ3) is 5.20. The van der Waals surface area contributed by atoms with Crippen LogP contribution in [0.15, 0.2) is 218 Å². The van der Waals surface area contributed by atoms with Crippen molar-refractivity contribution >= 4 is 76.1 Å². The van der Waals surface area contributed by atoms with Crippen LogP contribution in [-0.2, 0) is 0 Å². The highest BCUT2D eigenvalue weighted by Gasteiger charge is 2.23. The zero-order chi connectivity index (χ0) is 40.7. The Morgan fingerprint density at radius 2 is 0.919 bits per heavy atom. The first-order valence-corrected chi connectivity index (χ1v) is 21.2. The van der Waals surface area contributed by atoms with Gasteiger partial charge >= 0.3 is 0 Å². The first-order chi connectivity index (χ1) is 30.8. The van der Waals surface area contributed by atoms with E-state index >= 15 is 0 Å². The lowest BCUT2D eigenvalue weighted by Gasteiger charge is -2.13. The van der Waals surface area contributed by atoms with Gasteiger partial charge in [0, 0.05) is 43.6 Å². The fraction of sp³-hybridized carbons (Fsp3) is 0. The molecule has 0 saturated carbocycles. The molecule has 0 aliphatic rings. The molecule has 0 unspecified atom stereocenters. The van der Waals surface area contributed by atoms with Crippen molar-refractivity contribution in [2.24, 2.45) is 0 Å². The molecule has 288 valence electrons. The monoisotopic (exact) mass is 788 g/mol. The van der Waals surface area contributed by atoms with Crippen molar-refractivity contribution in [3.05, 3.63) is 218 Å². The van der Waals surface area contributed by atoms with Gasteiger partial charge in [-0.05, 0) is 80.9 Å². The molecule has 0 N–H and O–H groups in total. The Hall–Kier alpha value is -8.34. The number of hydrogen-bond donors (Lipinski definition) is 0. The van der Waals surface area contributed by atoms with Gasteiger partial charge in [0.25, 0.3) is 0 Å². The first-order valence-electron chi connectivity index (χ1n) is 21.2. The molecular weight excluding hydrogens is 753 g/mol. The van der Waals surface area contributed by atoms with Crippen LogP contribution in [-0.4, -0.2) is 19.1 Å². The lowest BCUT2D eigenvalue weighted by Crippen LogP contribution is -2.04. The van der Waals surface area contributed by atoms with E-state index < -0.39 is 0 Å². The second-order valence-electron chi connectivity index (χ2n) is 16.1. The highest BCUT2D eigenvalue weighted by molar-refractivity contribution is 6.25. The molecule has 62 heavy (non-hydrogen) atoms. The van der Waals surface area contributed by atoms with E-state index in [0.29, 0.717) is 5.95 Å². The van der Waals surface area contributed by atoms with E-state index in [1.54, 1.807) is 0 Å². The number of benzene rings is 10. The minimum absolute atomic E-state index is 0.642. The summed E-state index contributed by atoms with van der Waals surface area (Å²) < 4.78 is 4.74. The van der Waals surface area contributed by atoms with Crippen molar-refractivity contribution in [2.75, 3.05) is 0 Å². The molecule has 0 aliphatic carbocycles. The average molecular weight is 789 g/mol. The molecule has 0 amide bonds. The molecule has 13 aromatic rings. The van der Waals surface area contributed by atoms with Crippen molar-refractivity contribution in [2.45, 2.75) is 0 Å². The molecule has 13 rings (SSSR count). The van der Waals surface area contributed by atoms with E-state index in [2.05, 4.69) is 228 Å². The van der Waals surface area contributed by atoms with E-state index in [0.717, 1.165) is 55.2 Å². The smallest absolute Gasteiger partial charge is 0.235 e. The Bertz CT molecular complexity index is 3930. The minimum Gasteiger partial charge on any atom is -0.309 e. The van der Waals surface area contributed by atoms with Crippen molar-refractivity contribution in [1.82, 2.24) is 19.1 Å². The Morgan fingerprint density at radius 1 is 0.323 bits per heavy atom. The Kier molecular flexibility index (Phi) is 7.57. The van der Waals surface area contributed by atoms with Crippen molar-refractivity contribution in [3.8, 4) is 45.1 Å². The largest absolute Gasteiger partial charge is 0.309 e. The lowest BCUT2D eigenvalue weighted by atomic mass is 9.95. The van der Waals surface area contributed by atoms with Gasteiger partial charge in [-0.2, -0.15) is 0 Å². The molecule has 0 fully saturated rings. The summed E-state index contributed by atoms with van der Waals surface area (Å²) in [5.41, 5.74) is 13.2. The van der Waals surface area contributed by atoms with Gasteiger partial charge < -0.3 is 4.57 Å². The van der Waals surface area contributed by atoms with Gasteiger partial charge in [-0.1, -0.05) is 176 Å². The number of nitrogens with zero attached hydrogens (tertiary/aromatic N) is 4. The Labute approximate surface area is 357 Å². The van der Waals surface area contributed by atoms with E-state index in [-0.39, 0.29) is 0 Å². The van der Waals surface area contributed by atoms with Gasteiger partial charge in [0.1, 0.15) is 0 Å². The molecule has 0 bridgehead atoms. The second-order valence-corrected chi connectivity index (χ2v) is 16.1. The summed E-state index contributed by atoms with van der Waals surface area (Å²) in [5, 5.41) is 10.6. The highest BCUT2D eigenvalue weighted by Crippen LogP contribution is 2.45. The van der Waals surface area contributed by atoms with E-state index in [1.807, 2.05) is 0 Å². The van der Waals surface area contributed by atoms with Gasteiger partial charge in [-0.15, -0.1) is 0 Å². The van der Waals surface area contributed by atoms with Crippen LogP contribution in [0.5, 0.6) is 0 Å². The summed E-state index contributed by atoms with van der Waals surface area (Å²) in [6, 6.07) is 78.6. The van der Waals surface area contributed by atoms with Crippen LogP contribution in [0.3, 0.4) is 0 Å². The summed E-state index contributed by atoms with van der Waals surface area (Å²) in [4.78, 5) is 10.9. The zero-order valence-corrected chi connectivity index (χ0v) is 33.6. The van der Waals surface area contributed by atoms with E-state index in [1.165, 1.54) is 60.0 Å². The Morgan fingerprint density at radius 3 is 1.76 bits per heavy atom. The number of rotatable bonds is 5. The van der Waals surface area contributed by atoms with Gasteiger partial charge in [0.15, 0.2) is 0 Å². The molecule has 4 nitrogen and oxygen atoms in total. The summed E-state index contributed by atoms with van der Waals surface area (Å²) in [5.74, 6) is 0.642. The van der Waals surface area contributed by atoms with Crippen LogP contribution in [0.2, 0.25) is 0 Å². The average Bonchev–Trinajstić information content (AvgIpc) is 3.87. The predicted molar refractivity (Wildman–Crippen MR) is 260 cm³/mol. The normalized spacial score (nSPS) is 11.9. The standard InChI is InChI=1S/C58H36N4/c1-2-15-37(16-3-1)40-20-12-21-42(35-40)56-47-23-8-10-27-50(47)59-58(60-56)62-53-30-14-26-46(55(53)49-34-32-39-18-6-7-22-44(39)57(49)62)45-25-13-29-52-54(45)48-24-9-11-28-51(48)61(52)43-33-31-38-17-4-5-19-41(38)36-43/h1-36H. The molecule has 0 spiro atoms. The molecular formula is C58H36N4. The van der Waals surface area contributed by atoms with Gasteiger partial charge in [0.05, 0.1) is 33.3 Å². The molecule has 0 atom stereocenters. The van der Waals surface area contributed by atoms with Crippen LogP contribution in [0.1, 0.15) is 0 Å². The highest BCUT2D eigenvalue weighted by atomic mass is 15.2. The molecule has 3 aromatic heterocycles. The van der Waals surface area contributed by atoms with Crippen molar-refractivity contribution in [3.63, 3.8) is 0 Å². The van der Waals surface area contributed by atoms with Crippen LogP contribution in [0.25, 0.3) is 121 Å². The molecule has 0 radical (unpaired) electrons. The van der Waals surface area contributed by atoms with Crippen LogP contribution < -0.4 is 0 Å². The van der Waals surface area contributed by atoms with Crippen molar-refractivity contribution in [1.29, 1.82) is 0 Å². The molecule has 10 aromatic carbocycles. The SMILES string of the molecule is c1ccc(-c2cccc(-c3nc(-n4c5cccc(-c6cccc7c6c6ccccc6n7-c6ccc7ccccc7c6)c5c5ccc6ccccc6c54)nc4ccccc34)c2)cc1. The summed E-state index contributed by atoms with van der Waals surface area (Å²) >= 11 is 0. The first kappa shape index (κ1) is 34.5. The maximum Gasteiger partial charge on any atom is 0.235 e. The van der Waals surface area contributed by atoms with Crippen LogP contribution in [0, 0.1) is 0 Å². The fourth-order valence-electron chi connectivity index (χ4n) is 9.96. The molecule has 4 heteroatoms. The summed E-state index contributed by atoms with van der Waals surface area (Å²) in [6.07, 6.45) is 0. The van der Waals surface area contributed by atoms with E-state index in [9.17, 15) is 0 Å². The van der Waals surface area contributed by atoms with Crippen LogP contribution in [0.4, 0.5) is 0 Å². The fourth-order valence-corrected chi connectivity index (χ4v) is 9.96. The Balaban J connectivity index is 1.11. The number of fused-ring (bicyclic) bond motifs is 10. The maximum absolute atomic E-state index is 5.56. The van der Waals surface area contributed by atoms with Gasteiger partial charge in [-0.3, -0.25) is 4.57 Å². The number of aromatic nitrogens is 4. The number of para-hydroxylation sites is 2. The zero-order valence-electron chi connectivity index (χ0n) is 33.6. The van der Waals surface area contributed by atoms with Gasteiger partial charge in [0.2, 0.25) is 5.95 Å². The second kappa shape index (κ2) is 13.6. The lowest BCUT2D eigenvalue weighted by molar-refractivity contribution is 1.02. The predicted octanol–water partition coefficient (Wildman–Crippen LogP) is 15.1. The topological polar surface area (TPSA) is 35.6 Å². The minimum atomic E-state index is 0.642. The molecule has 3 heterocycles. The summed E-state index contributed by atoms with van der Waals surface area (Å²) in [6.45, 7) is 0.